The lowest BCUT2D eigenvalue weighted by molar-refractivity contribution is 0.0397. The van der Waals surface area contributed by atoms with Gasteiger partial charge < -0.3 is 10.1 Å². The Morgan fingerprint density at radius 3 is 2.78 bits per heavy atom. The van der Waals surface area contributed by atoms with Crippen LogP contribution in [0.2, 0.25) is 0 Å². The SMILES string of the molecule is CCCNc1cc(COC(C)CC(C)C)ccn1. The van der Waals surface area contributed by atoms with Crippen LogP contribution in [0.4, 0.5) is 5.82 Å². The summed E-state index contributed by atoms with van der Waals surface area (Å²) in [6.07, 6.45) is 4.36. The van der Waals surface area contributed by atoms with Crippen molar-refractivity contribution in [1.29, 1.82) is 0 Å². The predicted octanol–water partition coefficient (Wildman–Crippen LogP) is 3.85. The molecule has 0 bridgehead atoms. The fraction of sp³-hybridized carbons (Fsp3) is 0.667. The van der Waals surface area contributed by atoms with Crippen molar-refractivity contribution < 1.29 is 4.74 Å². The Morgan fingerprint density at radius 1 is 1.33 bits per heavy atom. The van der Waals surface area contributed by atoms with Crippen molar-refractivity contribution in [3.8, 4) is 0 Å². The average molecular weight is 250 g/mol. The number of nitrogens with zero attached hydrogens (tertiary/aromatic N) is 1. The molecule has 0 aliphatic rings. The molecule has 18 heavy (non-hydrogen) atoms. The van der Waals surface area contributed by atoms with E-state index >= 15 is 0 Å². The Kier molecular flexibility index (Phi) is 6.73. The normalized spacial score (nSPS) is 12.7. The molecule has 0 saturated heterocycles. The second-order valence-corrected chi connectivity index (χ2v) is 5.23. The van der Waals surface area contributed by atoms with Crippen molar-refractivity contribution in [2.45, 2.75) is 53.2 Å². The van der Waals surface area contributed by atoms with Crippen molar-refractivity contribution in [3.05, 3.63) is 23.9 Å². The Hall–Kier alpha value is -1.09. The molecular formula is C15H26N2O. The Bertz CT molecular complexity index is 339. The second kappa shape index (κ2) is 8.09. The van der Waals surface area contributed by atoms with E-state index in [1.807, 2.05) is 12.3 Å². The van der Waals surface area contributed by atoms with Crippen LogP contribution in [0.25, 0.3) is 0 Å². The van der Waals surface area contributed by atoms with Crippen LogP contribution in [0.3, 0.4) is 0 Å². The van der Waals surface area contributed by atoms with Crippen LogP contribution in [-0.2, 0) is 11.3 Å². The van der Waals surface area contributed by atoms with E-state index in [1.54, 1.807) is 0 Å². The van der Waals surface area contributed by atoms with Gasteiger partial charge in [0, 0.05) is 12.7 Å². The number of hydrogen-bond donors (Lipinski definition) is 1. The number of ether oxygens (including phenoxy) is 1. The number of nitrogens with one attached hydrogen (secondary N) is 1. The summed E-state index contributed by atoms with van der Waals surface area (Å²) in [6.45, 7) is 10.3. The first-order chi connectivity index (χ1) is 8.61. The first kappa shape index (κ1) is 15.0. The highest BCUT2D eigenvalue weighted by Crippen LogP contribution is 2.12. The summed E-state index contributed by atoms with van der Waals surface area (Å²) in [4.78, 5) is 4.29. The quantitative estimate of drug-likeness (QED) is 0.761. The fourth-order valence-electron chi connectivity index (χ4n) is 1.88. The number of aromatic nitrogens is 1. The summed E-state index contributed by atoms with van der Waals surface area (Å²) < 4.78 is 5.84. The summed E-state index contributed by atoms with van der Waals surface area (Å²) in [7, 11) is 0. The molecule has 0 saturated carbocycles. The minimum absolute atomic E-state index is 0.310. The van der Waals surface area contributed by atoms with Gasteiger partial charge in [-0.05, 0) is 43.4 Å². The smallest absolute Gasteiger partial charge is 0.126 e. The van der Waals surface area contributed by atoms with Gasteiger partial charge in [0.1, 0.15) is 5.82 Å². The number of pyridine rings is 1. The summed E-state index contributed by atoms with van der Waals surface area (Å²) >= 11 is 0. The van der Waals surface area contributed by atoms with E-state index in [4.69, 9.17) is 4.74 Å². The van der Waals surface area contributed by atoms with Crippen LogP contribution in [0.15, 0.2) is 18.3 Å². The van der Waals surface area contributed by atoms with Crippen molar-refractivity contribution in [2.75, 3.05) is 11.9 Å². The Balaban J connectivity index is 2.41. The van der Waals surface area contributed by atoms with E-state index < -0.39 is 0 Å². The molecular weight excluding hydrogens is 224 g/mol. The maximum atomic E-state index is 5.84. The molecule has 1 unspecified atom stereocenters. The highest BCUT2D eigenvalue weighted by Gasteiger charge is 2.05. The molecule has 3 heteroatoms. The maximum Gasteiger partial charge on any atom is 0.126 e. The average Bonchev–Trinajstić information content (AvgIpc) is 2.33. The summed E-state index contributed by atoms with van der Waals surface area (Å²) in [6, 6.07) is 4.08. The lowest BCUT2D eigenvalue weighted by Gasteiger charge is -2.15. The summed E-state index contributed by atoms with van der Waals surface area (Å²) in [5, 5.41) is 3.29. The van der Waals surface area contributed by atoms with E-state index in [2.05, 4.69) is 44.1 Å². The molecule has 102 valence electrons. The van der Waals surface area contributed by atoms with Crippen LogP contribution in [0.1, 0.15) is 46.1 Å². The third-order valence-corrected chi connectivity index (χ3v) is 2.72. The number of hydrogen-bond acceptors (Lipinski definition) is 3. The molecule has 1 aromatic heterocycles. The molecule has 1 rings (SSSR count). The Labute approximate surface area is 111 Å². The van der Waals surface area contributed by atoms with Gasteiger partial charge in [0.05, 0.1) is 12.7 Å². The largest absolute Gasteiger partial charge is 0.374 e. The van der Waals surface area contributed by atoms with Crippen LogP contribution in [0, 0.1) is 5.92 Å². The maximum absolute atomic E-state index is 5.84. The lowest BCUT2D eigenvalue weighted by Crippen LogP contribution is -2.11. The van der Waals surface area contributed by atoms with E-state index in [0.717, 1.165) is 25.2 Å². The first-order valence-corrected chi connectivity index (χ1v) is 6.92. The molecule has 3 nitrogen and oxygen atoms in total. The molecule has 0 aliphatic carbocycles. The minimum atomic E-state index is 0.310. The molecule has 0 fully saturated rings. The predicted molar refractivity (Wildman–Crippen MR) is 76.7 cm³/mol. The monoisotopic (exact) mass is 250 g/mol. The van der Waals surface area contributed by atoms with Crippen molar-refractivity contribution in [2.24, 2.45) is 5.92 Å². The molecule has 1 aromatic rings. The zero-order chi connectivity index (χ0) is 13.4. The number of anilines is 1. The zero-order valence-electron chi connectivity index (χ0n) is 12.1. The first-order valence-electron chi connectivity index (χ1n) is 6.92. The van der Waals surface area contributed by atoms with Gasteiger partial charge >= 0.3 is 0 Å². The van der Waals surface area contributed by atoms with Gasteiger partial charge in [0.15, 0.2) is 0 Å². The van der Waals surface area contributed by atoms with Crippen molar-refractivity contribution in [1.82, 2.24) is 4.98 Å². The molecule has 0 spiro atoms. The summed E-state index contributed by atoms with van der Waals surface area (Å²) in [5.74, 6) is 1.62. The zero-order valence-corrected chi connectivity index (χ0v) is 12.1. The molecule has 0 aromatic carbocycles. The molecule has 1 N–H and O–H groups in total. The van der Waals surface area contributed by atoms with E-state index in [9.17, 15) is 0 Å². The molecule has 0 radical (unpaired) electrons. The highest BCUT2D eigenvalue weighted by atomic mass is 16.5. The van der Waals surface area contributed by atoms with Gasteiger partial charge in [0.2, 0.25) is 0 Å². The topological polar surface area (TPSA) is 34.1 Å². The molecule has 1 atom stereocenters. The van der Waals surface area contributed by atoms with Gasteiger partial charge in [0.25, 0.3) is 0 Å². The fourth-order valence-corrected chi connectivity index (χ4v) is 1.88. The van der Waals surface area contributed by atoms with Gasteiger partial charge in [-0.1, -0.05) is 20.8 Å². The Morgan fingerprint density at radius 2 is 2.11 bits per heavy atom. The van der Waals surface area contributed by atoms with E-state index in [-0.39, 0.29) is 0 Å². The van der Waals surface area contributed by atoms with Crippen LogP contribution < -0.4 is 5.32 Å². The third-order valence-electron chi connectivity index (χ3n) is 2.72. The standard InChI is InChI=1S/C15H26N2O/c1-5-7-16-15-10-14(6-8-17-15)11-18-13(4)9-12(2)3/h6,8,10,12-13H,5,7,9,11H2,1-4H3,(H,16,17). The number of rotatable bonds is 8. The van der Waals surface area contributed by atoms with Crippen LogP contribution in [-0.4, -0.2) is 17.6 Å². The van der Waals surface area contributed by atoms with Crippen molar-refractivity contribution in [3.63, 3.8) is 0 Å². The highest BCUT2D eigenvalue weighted by molar-refractivity contribution is 5.37. The minimum Gasteiger partial charge on any atom is -0.374 e. The van der Waals surface area contributed by atoms with E-state index in [1.165, 1.54) is 5.56 Å². The van der Waals surface area contributed by atoms with Gasteiger partial charge in [-0.2, -0.15) is 0 Å². The molecule has 1 heterocycles. The van der Waals surface area contributed by atoms with Gasteiger partial charge in [-0.15, -0.1) is 0 Å². The molecule has 0 amide bonds. The van der Waals surface area contributed by atoms with Gasteiger partial charge in [-0.25, -0.2) is 4.98 Å². The lowest BCUT2D eigenvalue weighted by atomic mass is 10.1. The summed E-state index contributed by atoms with van der Waals surface area (Å²) in [5.41, 5.74) is 1.18. The van der Waals surface area contributed by atoms with Crippen LogP contribution in [0.5, 0.6) is 0 Å². The molecule has 0 aliphatic heterocycles. The third kappa shape index (κ3) is 6.01. The van der Waals surface area contributed by atoms with Gasteiger partial charge in [-0.3, -0.25) is 0 Å². The second-order valence-electron chi connectivity index (χ2n) is 5.23. The van der Waals surface area contributed by atoms with Crippen LogP contribution >= 0.6 is 0 Å². The van der Waals surface area contributed by atoms with E-state index in [0.29, 0.717) is 18.6 Å². The van der Waals surface area contributed by atoms with Crippen molar-refractivity contribution >= 4 is 5.82 Å².